The minimum Gasteiger partial charge on any atom is -0.497 e. The van der Waals surface area contributed by atoms with Gasteiger partial charge < -0.3 is 4.74 Å². The fourth-order valence-corrected chi connectivity index (χ4v) is 1.63. The van der Waals surface area contributed by atoms with E-state index in [-0.39, 0.29) is 0 Å². The lowest BCUT2D eigenvalue weighted by Crippen LogP contribution is -1.98. The van der Waals surface area contributed by atoms with E-state index in [0.29, 0.717) is 0 Å². The maximum absolute atomic E-state index is 5.10. The highest BCUT2D eigenvalue weighted by Gasteiger charge is 2.05. The molecule has 0 unspecified atom stereocenters. The zero-order chi connectivity index (χ0) is 10.8. The molecule has 0 saturated carbocycles. The molecule has 0 amide bonds. The number of aromatic nitrogens is 2. The number of benzene rings is 1. The molecule has 1 aromatic carbocycles. The Hall–Kier alpha value is -1.29. The number of hydrogen-bond acceptors (Lipinski definition) is 2. The van der Waals surface area contributed by atoms with E-state index in [2.05, 4.69) is 21.0 Å². The molecule has 3 nitrogen and oxygen atoms in total. The summed E-state index contributed by atoms with van der Waals surface area (Å²) in [6, 6.07) is 7.80. The molecule has 0 bridgehead atoms. The van der Waals surface area contributed by atoms with Gasteiger partial charge in [0.15, 0.2) is 0 Å². The summed E-state index contributed by atoms with van der Waals surface area (Å²) >= 11 is 3.43. The van der Waals surface area contributed by atoms with Crippen molar-refractivity contribution >= 4 is 15.9 Å². The van der Waals surface area contributed by atoms with Crippen LogP contribution in [0.15, 0.2) is 34.9 Å². The van der Waals surface area contributed by atoms with Crippen molar-refractivity contribution in [3.63, 3.8) is 0 Å². The van der Waals surface area contributed by atoms with Gasteiger partial charge in [0.25, 0.3) is 0 Å². The minimum atomic E-state index is 0.850. The Labute approximate surface area is 96.8 Å². The summed E-state index contributed by atoms with van der Waals surface area (Å²) in [5, 5.41) is 4.27. The molecule has 15 heavy (non-hydrogen) atoms. The van der Waals surface area contributed by atoms with Gasteiger partial charge in [-0.2, -0.15) is 5.10 Å². The number of halogens is 1. The third kappa shape index (κ3) is 1.90. The molecule has 4 heteroatoms. The second-order valence-corrected chi connectivity index (χ2v) is 4.04. The molecule has 0 spiro atoms. The first-order chi connectivity index (χ1) is 7.22. The number of hydrogen-bond donors (Lipinski definition) is 0. The zero-order valence-electron chi connectivity index (χ0n) is 8.57. The third-order valence-electron chi connectivity index (χ3n) is 2.27. The molecule has 0 N–H and O–H groups in total. The van der Waals surface area contributed by atoms with Crippen LogP contribution >= 0.6 is 15.9 Å². The van der Waals surface area contributed by atoms with Crippen LogP contribution in [0.4, 0.5) is 0 Å². The van der Waals surface area contributed by atoms with Gasteiger partial charge in [0.2, 0.25) is 0 Å². The van der Waals surface area contributed by atoms with Crippen molar-refractivity contribution < 1.29 is 4.74 Å². The predicted molar refractivity (Wildman–Crippen MR) is 62.6 cm³/mol. The first kappa shape index (κ1) is 10.2. The molecule has 0 fully saturated rings. The summed E-state index contributed by atoms with van der Waals surface area (Å²) in [5.41, 5.74) is 2.11. The van der Waals surface area contributed by atoms with E-state index in [1.54, 1.807) is 13.3 Å². The lowest BCUT2D eigenvalue weighted by atomic mass is 10.3. The monoisotopic (exact) mass is 266 g/mol. The minimum absolute atomic E-state index is 0.850. The van der Waals surface area contributed by atoms with E-state index in [9.17, 15) is 0 Å². The number of ether oxygens (including phenoxy) is 1. The molecular weight excluding hydrogens is 256 g/mol. The van der Waals surface area contributed by atoms with Crippen LogP contribution in [0, 0.1) is 6.92 Å². The van der Waals surface area contributed by atoms with Crippen molar-refractivity contribution in [3.05, 3.63) is 40.6 Å². The highest BCUT2D eigenvalue weighted by atomic mass is 79.9. The number of nitrogens with zero attached hydrogens (tertiary/aromatic N) is 2. The van der Waals surface area contributed by atoms with Gasteiger partial charge >= 0.3 is 0 Å². The lowest BCUT2D eigenvalue weighted by molar-refractivity contribution is 0.414. The van der Waals surface area contributed by atoms with Crippen molar-refractivity contribution in [2.45, 2.75) is 6.92 Å². The molecule has 1 aromatic heterocycles. The predicted octanol–water partition coefficient (Wildman–Crippen LogP) is 2.95. The Kier molecular flexibility index (Phi) is 2.77. The molecule has 0 radical (unpaired) electrons. The van der Waals surface area contributed by atoms with Crippen LogP contribution in [0.5, 0.6) is 5.75 Å². The molecule has 2 rings (SSSR count). The summed E-state index contributed by atoms with van der Waals surface area (Å²) in [6.45, 7) is 2.02. The average molecular weight is 267 g/mol. The topological polar surface area (TPSA) is 27.1 Å². The van der Waals surface area contributed by atoms with Gasteiger partial charge in [0, 0.05) is 0 Å². The molecule has 0 aliphatic carbocycles. The van der Waals surface area contributed by atoms with Crippen LogP contribution in [0.1, 0.15) is 5.69 Å². The summed E-state index contributed by atoms with van der Waals surface area (Å²) < 4.78 is 7.99. The zero-order valence-corrected chi connectivity index (χ0v) is 10.2. The van der Waals surface area contributed by atoms with Gasteiger partial charge in [-0.05, 0) is 47.1 Å². The molecule has 0 atom stereocenters. The van der Waals surface area contributed by atoms with Gasteiger partial charge in [-0.15, -0.1) is 0 Å². The van der Waals surface area contributed by atoms with Crippen molar-refractivity contribution in [3.8, 4) is 11.4 Å². The SMILES string of the molecule is COc1ccc(-n2ncc(Br)c2C)cc1. The van der Waals surface area contributed by atoms with Gasteiger partial charge in [-0.1, -0.05) is 0 Å². The first-order valence-corrected chi connectivity index (χ1v) is 5.36. The quantitative estimate of drug-likeness (QED) is 0.836. The van der Waals surface area contributed by atoms with Gasteiger partial charge in [0.1, 0.15) is 5.75 Å². The third-order valence-corrected chi connectivity index (χ3v) is 3.05. The Balaban J connectivity index is 2.41. The molecular formula is C11H11BrN2O. The Bertz CT molecular complexity index is 462. The van der Waals surface area contributed by atoms with E-state index in [1.807, 2.05) is 35.9 Å². The van der Waals surface area contributed by atoms with E-state index in [1.165, 1.54) is 0 Å². The Morgan fingerprint density at radius 3 is 2.40 bits per heavy atom. The second-order valence-electron chi connectivity index (χ2n) is 3.19. The van der Waals surface area contributed by atoms with Crippen LogP contribution in [0.3, 0.4) is 0 Å². The molecule has 2 aromatic rings. The van der Waals surface area contributed by atoms with Gasteiger partial charge in [-0.3, -0.25) is 0 Å². The summed E-state index contributed by atoms with van der Waals surface area (Å²) in [6.07, 6.45) is 1.79. The smallest absolute Gasteiger partial charge is 0.119 e. The highest BCUT2D eigenvalue weighted by molar-refractivity contribution is 9.10. The van der Waals surface area contributed by atoms with Crippen molar-refractivity contribution in [1.82, 2.24) is 9.78 Å². The Morgan fingerprint density at radius 1 is 1.27 bits per heavy atom. The fourth-order valence-electron chi connectivity index (χ4n) is 1.37. The van der Waals surface area contributed by atoms with E-state index >= 15 is 0 Å². The summed E-state index contributed by atoms with van der Waals surface area (Å²) in [7, 11) is 1.66. The van der Waals surface area contributed by atoms with Crippen LogP contribution in [-0.4, -0.2) is 16.9 Å². The largest absolute Gasteiger partial charge is 0.497 e. The maximum Gasteiger partial charge on any atom is 0.119 e. The fraction of sp³-hybridized carbons (Fsp3) is 0.182. The number of methoxy groups -OCH3 is 1. The molecule has 0 aliphatic rings. The van der Waals surface area contributed by atoms with E-state index < -0.39 is 0 Å². The molecule has 0 aliphatic heterocycles. The first-order valence-electron chi connectivity index (χ1n) is 4.57. The number of rotatable bonds is 2. The maximum atomic E-state index is 5.10. The second kappa shape index (κ2) is 4.06. The van der Waals surface area contributed by atoms with E-state index in [0.717, 1.165) is 21.6 Å². The molecule has 0 saturated heterocycles. The average Bonchev–Trinajstić information content (AvgIpc) is 2.60. The Morgan fingerprint density at radius 2 is 1.93 bits per heavy atom. The van der Waals surface area contributed by atoms with Crippen LogP contribution < -0.4 is 4.74 Å². The van der Waals surface area contributed by atoms with Crippen molar-refractivity contribution in [2.75, 3.05) is 7.11 Å². The van der Waals surface area contributed by atoms with Gasteiger partial charge in [0.05, 0.1) is 29.2 Å². The van der Waals surface area contributed by atoms with E-state index in [4.69, 9.17) is 4.74 Å². The van der Waals surface area contributed by atoms with Gasteiger partial charge in [-0.25, -0.2) is 4.68 Å². The van der Waals surface area contributed by atoms with Crippen LogP contribution in [0.2, 0.25) is 0 Å². The molecule has 78 valence electrons. The lowest BCUT2D eigenvalue weighted by Gasteiger charge is -2.05. The van der Waals surface area contributed by atoms with Crippen LogP contribution in [0.25, 0.3) is 5.69 Å². The van der Waals surface area contributed by atoms with Crippen LogP contribution in [-0.2, 0) is 0 Å². The van der Waals surface area contributed by atoms with Crippen molar-refractivity contribution in [2.24, 2.45) is 0 Å². The standard InChI is InChI=1S/C11H11BrN2O/c1-8-11(12)7-13-14(8)9-3-5-10(15-2)6-4-9/h3-7H,1-2H3. The summed E-state index contributed by atoms with van der Waals surface area (Å²) in [5.74, 6) is 0.850. The van der Waals surface area contributed by atoms with Crippen molar-refractivity contribution in [1.29, 1.82) is 0 Å². The normalized spacial score (nSPS) is 10.3. The molecule has 1 heterocycles. The summed E-state index contributed by atoms with van der Waals surface area (Å²) in [4.78, 5) is 0. The highest BCUT2D eigenvalue weighted by Crippen LogP contribution is 2.20.